The Hall–Kier alpha value is -1.62. The Labute approximate surface area is 113 Å². The van der Waals surface area contributed by atoms with E-state index in [0.29, 0.717) is 0 Å². The molecule has 1 aliphatic carbocycles. The van der Waals surface area contributed by atoms with E-state index in [1.54, 1.807) is 0 Å². The van der Waals surface area contributed by atoms with Gasteiger partial charge in [0.25, 0.3) is 0 Å². The predicted molar refractivity (Wildman–Crippen MR) is 76.4 cm³/mol. The summed E-state index contributed by atoms with van der Waals surface area (Å²) in [6.45, 7) is 5.14. The highest BCUT2D eigenvalue weighted by atomic mass is 16.5. The van der Waals surface area contributed by atoms with Crippen LogP contribution < -0.4 is 15.5 Å². The van der Waals surface area contributed by atoms with Crippen LogP contribution in [0.5, 0.6) is 0 Å². The molecular formula is C14H16BN3O. The summed E-state index contributed by atoms with van der Waals surface area (Å²) >= 11 is 0. The zero-order valence-electron chi connectivity index (χ0n) is 11.1. The SMILES string of the molecule is [B]C1=CCC=c2nc(C)nc(N3CCOCC3)c2=C1. The van der Waals surface area contributed by atoms with E-state index >= 15 is 0 Å². The third kappa shape index (κ3) is 2.56. The molecule has 2 radical (unpaired) electrons. The lowest BCUT2D eigenvalue weighted by Gasteiger charge is -2.28. The molecule has 0 bridgehead atoms. The van der Waals surface area contributed by atoms with E-state index in [-0.39, 0.29) is 0 Å². The summed E-state index contributed by atoms with van der Waals surface area (Å²) in [6, 6.07) is 0. The van der Waals surface area contributed by atoms with Crippen molar-refractivity contribution in [3.8, 4) is 0 Å². The van der Waals surface area contributed by atoms with Gasteiger partial charge in [0, 0.05) is 18.3 Å². The van der Waals surface area contributed by atoms with E-state index in [0.717, 1.165) is 60.4 Å². The van der Waals surface area contributed by atoms with Gasteiger partial charge in [-0.1, -0.05) is 23.7 Å². The molecule has 0 N–H and O–H groups in total. The summed E-state index contributed by atoms with van der Waals surface area (Å²) in [5, 5.41) is 2.00. The Balaban J connectivity index is 2.19. The molecule has 1 saturated heterocycles. The summed E-state index contributed by atoms with van der Waals surface area (Å²) in [4.78, 5) is 11.4. The molecule has 1 aliphatic heterocycles. The smallest absolute Gasteiger partial charge is 0.140 e. The first-order chi connectivity index (χ1) is 9.24. The third-order valence-electron chi connectivity index (χ3n) is 3.35. The zero-order valence-corrected chi connectivity index (χ0v) is 11.1. The van der Waals surface area contributed by atoms with Gasteiger partial charge in [0.2, 0.25) is 0 Å². The number of hydrogen-bond donors (Lipinski definition) is 0. The second-order valence-corrected chi connectivity index (χ2v) is 4.78. The van der Waals surface area contributed by atoms with Crippen LogP contribution in [0, 0.1) is 6.92 Å². The fourth-order valence-electron chi connectivity index (χ4n) is 2.43. The van der Waals surface area contributed by atoms with E-state index in [1.165, 1.54) is 0 Å². The Morgan fingerprint density at radius 3 is 2.79 bits per heavy atom. The van der Waals surface area contributed by atoms with E-state index in [4.69, 9.17) is 12.6 Å². The van der Waals surface area contributed by atoms with Gasteiger partial charge in [0.1, 0.15) is 19.5 Å². The summed E-state index contributed by atoms with van der Waals surface area (Å²) in [7, 11) is 5.97. The minimum Gasteiger partial charge on any atom is -0.378 e. The fraction of sp³-hybridized carbons (Fsp3) is 0.429. The summed E-state index contributed by atoms with van der Waals surface area (Å²) in [6.07, 6.45) is 6.89. The zero-order chi connectivity index (χ0) is 13.2. The Bertz CT molecular complexity index is 633. The molecule has 19 heavy (non-hydrogen) atoms. The number of allylic oxidation sites excluding steroid dienone is 2. The van der Waals surface area contributed by atoms with Crippen molar-refractivity contribution in [1.82, 2.24) is 9.97 Å². The number of ether oxygens (including phenoxy) is 1. The van der Waals surface area contributed by atoms with Crippen molar-refractivity contribution in [2.24, 2.45) is 0 Å². The van der Waals surface area contributed by atoms with E-state index < -0.39 is 0 Å². The van der Waals surface area contributed by atoms with E-state index in [2.05, 4.69) is 20.9 Å². The van der Waals surface area contributed by atoms with Crippen LogP contribution in [0.4, 0.5) is 5.82 Å². The normalized spacial score (nSPS) is 18.8. The summed E-state index contributed by atoms with van der Waals surface area (Å²) in [5.74, 6) is 1.77. The van der Waals surface area contributed by atoms with Crippen LogP contribution in [-0.4, -0.2) is 44.1 Å². The molecule has 0 spiro atoms. The number of fused-ring (bicyclic) bond motifs is 1. The topological polar surface area (TPSA) is 38.2 Å². The predicted octanol–water partition coefficient (Wildman–Crippen LogP) is -0.361. The van der Waals surface area contributed by atoms with Gasteiger partial charge in [-0.15, -0.1) is 0 Å². The van der Waals surface area contributed by atoms with Crippen LogP contribution >= 0.6 is 0 Å². The average molecular weight is 253 g/mol. The lowest BCUT2D eigenvalue weighted by molar-refractivity contribution is 0.122. The molecule has 2 heterocycles. The van der Waals surface area contributed by atoms with Crippen LogP contribution in [0.2, 0.25) is 0 Å². The van der Waals surface area contributed by atoms with Gasteiger partial charge in [0.05, 0.1) is 18.6 Å². The molecule has 0 unspecified atom stereocenters. The molecule has 1 aromatic heterocycles. The first-order valence-corrected chi connectivity index (χ1v) is 6.59. The number of anilines is 1. The van der Waals surface area contributed by atoms with Crippen LogP contribution in [-0.2, 0) is 4.74 Å². The van der Waals surface area contributed by atoms with Crippen molar-refractivity contribution in [2.45, 2.75) is 13.3 Å². The van der Waals surface area contributed by atoms with Gasteiger partial charge in [-0.25, -0.2) is 9.97 Å². The van der Waals surface area contributed by atoms with Gasteiger partial charge in [-0.05, 0) is 13.3 Å². The molecule has 0 atom stereocenters. The molecule has 1 aromatic rings. The molecule has 0 amide bonds. The standard InChI is InChI=1S/C14H16BN3O/c1-10-16-13-4-2-3-11(15)9-12(13)14(17-10)18-5-7-19-8-6-18/h3-4,9H,2,5-8H2,1H3. The van der Waals surface area contributed by atoms with Crippen molar-refractivity contribution in [3.05, 3.63) is 27.9 Å². The van der Waals surface area contributed by atoms with Crippen LogP contribution in [0.25, 0.3) is 12.2 Å². The minimum atomic E-state index is 0.743. The van der Waals surface area contributed by atoms with Gasteiger partial charge >= 0.3 is 0 Å². The molecular weight excluding hydrogens is 237 g/mol. The van der Waals surface area contributed by atoms with Crippen molar-refractivity contribution in [3.63, 3.8) is 0 Å². The molecule has 5 heteroatoms. The van der Waals surface area contributed by atoms with Crippen LogP contribution in [0.15, 0.2) is 11.5 Å². The van der Waals surface area contributed by atoms with Crippen molar-refractivity contribution < 1.29 is 4.74 Å². The lowest BCUT2D eigenvalue weighted by atomic mass is 9.94. The minimum absolute atomic E-state index is 0.743. The quantitative estimate of drug-likeness (QED) is 0.640. The monoisotopic (exact) mass is 253 g/mol. The molecule has 0 saturated carbocycles. The largest absolute Gasteiger partial charge is 0.378 e. The molecule has 3 rings (SSSR count). The maximum atomic E-state index is 5.97. The molecule has 4 nitrogen and oxygen atoms in total. The van der Waals surface area contributed by atoms with Crippen LogP contribution in [0.1, 0.15) is 12.2 Å². The number of rotatable bonds is 1. The van der Waals surface area contributed by atoms with Crippen LogP contribution in [0.3, 0.4) is 0 Å². The Kier molecular flexibility index (Phi) is 3.38. The molecule has 1 fully saturated rings. The second kappa shape index (κ2) is 5.17. The number of hydrogen-bond acceptors (Lipinski definition) is 4. The van der Waals surface area contributed by atoms with E-state index in [9.17, 15) is 0 Å². The number of aromatic nitrogens is 2. The van der Waals surface area contributed by atoms with Crippen molar-refractivity contribution in [2.75, 3.05) is 31.2 Å². The van der Waals surface area contributed by atoms with Gasteiger partial charge in [0.15, 0.2) is 0 Å². The number of nitrogens with zero attached hydrogens (tertiary/aromatic N) is 3. The maximum Gasteiger partial charge on any atom is 0.140 e. The van der Waals surface area contributed by atoms with Gasteiger partial charge in [-0.2, -0.15) is 0 Å². The first kappa shape index (κ1) is 12.4. The van der Waals surface area contributed by atoms with Crippen molar-refractivity contribution >= 4 is 25.8 Å². The summed E-state index contributed by atoms with van der Waals surface area (Å²) < 4.78 is 5.40. The number of aryl methyl sites for hydroxylation is 1. The highest BCUT2D eigenvalue weighted by molar-refractivity contribution is 6.26. The average Bonchev–Trinajstić information content (AvgIpc) is 2.60. The van der Waals surface area contributed by atoms with Gasteiger partial charge < -0.3 is 9.64 Å². The fourth-order valence-corrected chi connectivity index (χ4v) is 2.43. The van der Waals surface area contributed by atoms with Crippen molar-refractivity contribution in [1.29, 1.82) is 0 Å². The summed E-state index contributed by atoms with van der Waals surface area (Å²) in [5.41, 5.74) is 0.775. The maximum absolute atomic E-state index is 5.97. The highest BCUT2D eigenvalue weighted by Gasteiger charge is 2.15. The van der Waals surface area contributed by atoms with Gasteiger partial charge in [-0.3, -0.25) is 0 Å². The molecule has 2 aliphatic rings. The lowest BCUT2D eigenvalue weighted by Crippen LogP contribution is -2.44. The first-order valence-electron chi connectivity index (χ1n) is 6.59. The highest BCUT2D eigenvalue weighted by Crippen LogP contribution is 2.08. The number of morpholine rings is 1. The second-order valence-electron chi connectivity index (χ2n) is 4.78. The van der Waals surface area contributed by atoms with E-state index in [1.807, 2.05) is 19.1 Å². The Morgan fingerprint density at radius 1 is 1.21 bits per heavy atom. The molecule has 96 valence electrons. The molecule has 0 aromatic carbocycles. The third-order valence-corrected chi connectivity index (χ3v) is 3.35. The Morgan fingerprint density at radius 2 is 2.00 bits per heavy atom.